The van der Waals surface area contributed by atoms with Crippen molar-refractivity contribution in [2.45, 2.75) is 18.9 Å². The van der Waals surface area contributed by atoms with Crippen molar-refractivity contribution in [1.29, 1.82) is 0 Å². The largest absolute Gasteiger partial charge is 0.480 e. The lowest BCUT2D eigenvalue weighted by Gasteiger charge is -2.38. The second kappa shape index (κ2) is 7.08. The van der Waals surface area contributed by atoms with E-state index >= 15 is 0 Å². The van der Waals surface area contributed by atoms with E-state index < -0.39 is 11.9 Å². The van der Waals surface area contributed by atoms with Crippen LogP contribution in [0.15, 0.2) is 30.3 Å². The van der Waals surface area contributed by atoms with Gasteiger partial charge in [0, 0.05) is 24.8 Å². The van der Waals surface area contributed by atoms with Gasteiger partial charge < -0.3 is 15.1 Å². The Balaban J connectivity index is 1.94. The lowest BCUT2D eigenvalue weighted by atomic mass is 10.0. The molecule has 0 saturated carbocycles. The van der Waals surface area contributed by atoms with Gasteiger partial charge in [-0.05, 0) is 25.0 Å². The minimum absolute atomic E-state index is 0.0113. The van der Waals surface area contributed by atoms with Crippen molar-refractivity contribution < 1.29 is 19.8 Å². The summed E-state index contributed by atoms with van der Waals surface area (Å²) in [5.41, 5.74) is 1.15. The van der Waals surface area contributed by atoms with Gasteiger partial charge in [-0.1, -0.05) is 18.2 Å². The van der Waals surface area contributed by atoms with Crippen LogP contribution in [0.25, 0.3) is 0 Å². The van der Waals surface area contributed by atoms with Crippen LogP contribution >= 0.6 is 0 Å². The number of anilines is 1. The lowest BCUT2D eigenvalue weighted by Crippen LogP contribution is -2.48. The molecule has 0 spiro atoms. The van der Waals surface area contributed by atoms with Crippen molar-refractivity contribution in [2.75, 3.05) is 31.1 Å². The maximum absolute atomic E-state index is 10.9. The van der Waals surface area contributed by atoms with Crippen LogP contribution in [0, 0.1) is 0 Å². The van der Waals surface area contributed by atoms with E-state index in [-0.39, 0.29) is 19.1 Å². The highest BCUT2D eigenvalue weighted by Gasteiger charge is 2.27. The Hall–Kier alpha value is -2.08. The first kappa shape index (κ1) is 15.3. The van der Waals surface area contributed by atoms with Gasteiger partial charge in [0.15, 0.2) is 0 Å². The molecule has 6 heteroatoms. The van der Waals surface area contributed by atoms with Gasteiger partial charge in [0.25, 0.3) is 0 Å². The molecular weight excluding hydrogens is 272 g/mol. The van der Waals surface area contributed by atoms with E-state index in [2.05, 4.69) is 4.90 Å². The molecule has 6 nitrogen and oxygen atoms in total. The fraction of sp³-hybridized carbons (Fsp3) is 0.467. The number of hydrogen-bond acceptors (Lipinski definition) is 4. The number of carboxylic acids is 2. The molecule has 1 aliphatic rings. The zero-order valence-electron chi connectivity index (χ0n) is 11.8. The maximum atomic E-state index is 10.9. The average molecular weight is 292 g/mol. The molecule has 1 aromatic carbocycles. The minimum Gasteiger partial charge on any atom is -0.480 e. The molecule has 0 amide bonds. The van der Waals surface area contributed by atoms with Crippen LogP contribution in [0.1, 0.15) is 12.8 Å². The summed E-state index contributed by atoms with van der Waals surface area (Å²) in [6.07, 6.45) is 1.55. The normalized spacial score (nSPS) is 16.1. The van der Waals surface area contributed by atoms with Crippen LogP contribution in [-0.4, -0.2) is 59.3 Å². The van der Waals surface area contributed by atoms with E-state index in [1.54, 1.807) is 4.90 Å². The number of carbonyl (C=O) groups is 2. The summed E-state index contributed by atoms with van der Waals surface area (Å²) >= 11 is 0. The minimum atomic E-state index is -0.985. The van der Waals surface area contributed by atoms with Crippen molar-refractivity contribution in [3.8, 4) is 0 Å². The predicted molar refractivity (Wildman–Crippen MR) is 78.5 cm³/mol. The van der Waals surface area contributed by atoms with Crippen LogP contribution in [0.4, 0.5) is 5.69 Å². The summed E-state index contributed by atoms with van der Waals surface area (Å²) in [5, 5.41) is 17.8. The van der Waals surface area contributed by atoms with E-state index in [0.29, 0.717) is 0 Å². The maximum Gasteiger partial charge on any atom is 0.317 e. The third-order valence-corrected chi connectivity index (χ3v) is 3.78. The number of hydrogen-bond donors (Lipinski definition) is 2. The Morgan fingerprint density at radius 2 is 1.57 bits per heavy atom. The predicted octanol–water partition coefficient (Wildman–Crippen LogP) is 1.13. The Labute approximate surface area is 123 Å². The number of carboxylic acid groups (broad SMARTS) is 2. The highest BCUT2D eigenvalue weighted by molar-refractivity contribution is 5.72. The molecule has 2 rings (SSSR count). The van der Waals surface area contributed by atoms with Crippen LogP contribution < -0.4 is 4.90 Å². The Morgan fingerprint density at radius 3 is 2.05 bits per heavy atom. The molecule has 1 aromatic rings. The van der Waals surface area contributed by atoms with Gasteiger partial charge in [-0.2, -0.15) is 0 Å². The smallest absolute Gasteiger partial charge is 0.317 e. The molecule has 0 aliphatic carbocycles. The number of piperidine rings is 1. The summed E-state index contributed by atoms with van der Waals surface area (Å²) in [6, 6.07) is 10.1. The molecule has 1 fully saturated rings. The zero-order chi connectivity index (χ0) is 15.2. The molecule has 114 valence electrons. The average Bonchev–Trinajstić information content (AvgIpc) is 2.47. The van der Waals surface area contributed by atoms with Crippen LogP contribution in [0.3, 0.4) is 0 Å². The highest BCUT2D eigenvalue weighted by atomic mass is 16.4. The van der Waals surface area contributed by atoms with Crippen LogP contribution in [0.5, 0.6) is 0 Å². The first-order valence-corrected chi connectivity index (χ1v) is 7.04. The third-order valence-electron chi connectivity index (χ3n) is 3.78. The first-order valence-electron chi connectivity index (χ1n) is 7.04. The van der Waals surface area contributed by atoms with Crippen molar-refractivity contribution in [3.05, 3.63) is 30.3 Å². The summed E-state index contributed by atoms with van der Waals surface area (Å²) in [7, 11) is 0. The fourth-order valence-corrected chi connectivity index (χ4v) is 2.79. The van der Waals surface area contributed by atoms with Gasteiger partial charge in [0.1, 0.15) is 0 Å². The number of benzene rings is 1. The monoisotopic (exact) mass is 292 g/mol. The molecule has 0 bridgehead atoms. The van der Waals surface area contributed by atoms with Crippen molar-refractivity contribution in [1.82, 2.24) is 4.90 Å². The van der Waals surface area contributed by atoms with Gasteiger partial charge in [0.2, 0.25) is 0 Å². The van der Waals surface area contributed by atoms with E-state index in [0.717, 1.165) is 31.6 Å². The van der Waals surface area contributed by atoms with Gasteiger partial charge in [-0.15, -0.1) is 0 Å². The van der Waals surface area contributed by atoms with Gasteiger partial charge >= 0.3 is 11.9 Å². The van der Waals surface area contributed by atoms with Crippen LogP contribution in [0.2, 0.25) is 0 Å². The fourth-order valence-electron chi connectivity index (χ4n) is 2.79. The molecule has 1 heterocycles. The molecule has 0 atom stereocenters. The summed E-state index contributed by atoms with van der Waals surface area (Å²) in [6.45, 7) is 1.18. The molecular formula is C15H20N2O4. The second-order valence-electron chi connectivity index (χ2n) is 5.25. The van der Waals surface area contributed by atoms with E-state index in [9.17, 15) is 9.59 Å². The number of nitrogens with zero attached hydrogens (tertiary/aromatic N) is 2. The third kappa shape index (κ3) is 4.46. The Bertz CT molecular complexity index is 468. The zero-order valence-corrected chi connectivity index (χ0v) is 11.8. The molecule has 2 N–H and O–H groups in total. The number of para-hydroxylation sites is 1. The number of aliphatic carboxylic acids is 2. The van der Waals surface area contributed by atoms with E-state index in [1.165, 1.54) is 0 Å². The van der Waals surface area contributed by atoms with Crippen LogP contribution in [-0.2, 0) is 9.59 Å². The van der Waals surface area contributed by atoms with Gasteiger partial charge in [-0.3, -0.25) is 14.5 Å². The van der Waals surface area contributed by atoms with Crippen molar-refractivity contribution >= 4 is 17.6 Å². The topological polar surface area (TPSA) is 81.1 Å². The van der Waals surface area contributed by atoms with Crippen molar-refractivity contribution in [3.63, 3.8) is 0 Å². The first-order chi connectivity index (χ1) is 10.1. The van der Waals surface area contributed by atoms with E-state index in [4.69, 9.17) is 10.2 Å². The summed E-state index contributed by atoms with van der Waals surface area (Å²) < 4.78 is 0. The Kier molecular flexibility index (Phi) is 5.16. The second-order valence-corrected chi connectivity index (χ2v) is 5.25. The number of rotatable bonds is 6. The summed E-state index contributed by atoms with van der Waals surface area (Å²) in [5.74, 6) is -1.97. The standard InChI is InChI=1S/C15H20N2O4/c18-14(19)10-17(11-15(20)21)13-6-8-16(9-7-13)12-4-2-1-3-5-12/h1-5,13H,6-11H2,(H,18,19)(H,20,21). The highest BCUT2D eigenvalue weighted by Crippen LogP contribution is 2.22. The lowest BCUT2D eigenvalue weighted by molar-refractivity contribution is -0.143. The quantitative estimate of drug-likeness (QED) is 0.818. The van der Waals surface area contributed by atoms with Gasteiger partial charge in [0.05, 0.1) is 13.1 Å². The SMILES string of the molecule is O=C(O)CN(CC(=O)O)C1CCN(c2ccccc2)CC1. The molecule has 1 saturated heterocycles. The van der Waals surface area contributed by atoms with Crippen molar-refractivity contribution in [2.24, 2.45) is 0 Å². The summed E-state index contributed by atoms with van der Waals surface area (Å²) in [4.78, 5) is 25.5. The van der Waals surface area contributed by atoms with E-state index in [1.807, 2.05) is 30.3 Å². The van der Waals surface area contributed by atoms with Gasteiger partial charge in [-0.25, -0.2) is 0 Å². The molecule has 1 aliphatic heterocycles. The molecule has 0 unspecified atom stereocenters. The molecule has 21 heavy (non-hydrogen) atoms. The molecule has 0 radical (unpaired) electrons. The molecule has 0 aromatic heterocycles. The Morgan fingerprint density at radius 1 is 1.05 bits per heavy atom.